The van der Waals surface area contributed by atoms with Crippen LogP contribution in [-0.2, 0) is 6.42 Å². The molecule has 106 valence electrons. The molecule has 19 heavy (non-hydrogen) atoms. The molecule has 1 saturated heterocycles. The summed E-state index contributed by atoms with van der Waals surface area (Å²) in [5, 5.41) is 4.90. The molecule has 3 nitrogen and oxygen atoms in total. The van der Waals surface area contributed by atoms with E-state index in [0.717, 1.165) is 12.5 Å². The molecule has 2 heterocycles. The van der Waals surface area contributed by atoms with E-state index in [2.05, 4.69) is 24.1 Å². The average molecular weight is 279 g/mol. The lowest BCUT2D eigenvalue weighted by Gasteiger charge is -2.21. The topological polar surface area (TPSA) is 28.2 Å². The highest BCUT2D eigenvalue weighted by molar-refractivity contribution is 7.15. The SMILES string of the molecule is CCNC1CCCc2nc(N3CCC(CC)C3)sc21. The second-order valence-corrected chi connectivity index (χ2v) is 6.83. The zero-order chi connectivity index (χ0) is 13.2. The molecule has 1 fully saturated rings. The smallest absolute Gasteiger partial charge is 0.185 e. The molecule has 0 aromatic carbocycles. The first kappa shape index (κ1) is 13.4. The maximum atomic E-state index is 4.94. The molecule has 1 aromatic heterocycles. The van der Waals surface area contributed by atoms with Crippen LogP contribution in [0.4, 0.5) is 5.13 Å². The molecular weight excluding hydrogens is 254 g/mol. The molecule has 0 saturated carbocycles. The Labute approximate surface area is 120 Å². The number of hydrogen-bond acceptors (Lipinski definition) is 4. The summed E-state index contributed by atoms with van der Waals surface area (Å²) < 4.78 is 0. The largest absolute Gasteiger partial charge is 0.348 e. The second kappa shape index (κ2) is 5.80. The Bertz CT molecular complexity index is 429. The van der Waals surface area contributed by atoms with Gasteiger partial charge in [0, 0.05) is 24.0 Å². The maximum Gasteiger partial charge on any atom is 0.185 e. The lowest BCUT2D eigenvalue weighted by molar-refractivity contribution is 0.476. The summed E-state index contributed by atoms with van der Waals surface area (Å²) in [4.78, 5) is 8.97. The van der Waals surface area contributed by atoms with Crippen molar-refractivity contribution >= 4 is 16.5 Å². The van der Waals surface area contributed by atoms with Gasteiger partial charge in [0.25, 0.3) is 0 Å². The molecule has 0 radical (unpaired) electrons. The lowest BCUT2D eigenvalue weighted by atomic mass is 9.98. The van der Waals surface area contributed by atoms with E-state index in [1.54, 1.807) is 0 Å². The normalized spacial score (nSPS) is 26.7. The number of aromatic nitrogens is 1. The van der Waals surface area contributed by atoms with Gasteiger partial charge in [-0.25, -0.2) is 4.98 Å². The van der Waals surface area contributed by atoms with Crippen molar-refractivity contribution in [3.05, 3.63) is 10.6 Å². The summed E-state index contributed by atoms with van der Waals surface area (Å²) >= 11 is 1.95. The first-order chi connectivity index (χ1) is 9.31. The van der Waals surface area contributed by atoms with E-state index in [1.807, 2.05) is 11.3 Å². The molecule has 3 rings (SSSR count). The zero-order valence-electron chi connectivity index (χ0n) is 12.1. The Kier molecular flexibility index (Phi) is 4.08. The maximum absolute atomic E-state index is 4.94. The number of fused-ring (bicyclic) bond motifs is 1. The first-order valence-electron chi connectivity index (χ1n) is 7.79. The zero-order valence-corrected chi connectivity index (χ0v) is 12.9. The molecule has 4 heteroatoms. The molecule has 0 spiro atoms. The summed E-state index contributed by atoms with van der Waals surface area (Å²) in [6.45, 7) is 7.98. The van der Waals surface area contributed by atoms with E-state index < -0.39 is 0 Å². The van der Waals surface area contributed by atoms with E-state index in [9.17, 15) is 0 Å². The Balaban J connectivity index is 1.78. The molecule has 2 atom stereocenters. The van der Waals surface area contributed by atoms with Gasteiger partial charge in [-0.3, -0.25) is 0 Å². The molecule has 1 N–H and O–H groups in total. The quantitative estimate of drug-likeness (QED) is 0.916. The summed E-state index contributed by atoms with van der Waals surface area (Å²) in [6, 6.07) is 0.560. The number of aryl methyl sites for hydroxylation is 1. The first-order valence-corrected chi connectivity index (χ1v) is 8.61. The minimum atomic E-state index is 0.560. The van der Waals surface area contributed by atoms with E-state index >= 15 is 0 Å². The van der Waals surface area contributed by atoms with Gasteiger partial charge in [0.15, 0.2) is 5.13 Å². The van der Waals surface area contributed by atoms with Gasteiger partial charge >= 0.3 is 0 Å². The van der Waals surface area contributed by atoms with E-state index in [-0.39, 0.29) is 0 Å². The van der Waals surface area contributed by atoms with E-state index in [0.29, 0.717) is 6.04 Å². The third-order valence-electron chi connectivity index (χ3n) is 4.52. The fourth-order valence-corrected chi connectivity index (χ4v) is 4.58. The molecule has 0 bridgehead atoms. The van der Waals surface area contributed by atoms with Crippen LogP contribution in [0.1, 0.15) is 56.1 Å². The lowest BCUT2D eigenvalue weighted by Crippen LogP contribution is -2.23. The van der Waals surface area contributed by atoms with Crippen molar-refractivity contribution in [1.29, 1.82) is 0 Å². The summed E-state index contributed by atoms with van der Waals surface area (Å²) in [5.41, 5.74) is 1.37. The average Bonchev–Trinajstić information content (AvgIpc) is 3.05. The predicted molar refractivity (Wildman–Crippen MR) is 82.1 cm³/mol. The fourth-order valence-electron chi connectivity index (χ4n) is 3.32. The van der Waals surface area contributed by atoms with Crippen molar-refractivity contribution in [2.24, 2.45) is 5.92 Å². The van der Waals surface area contributed by atoms with Gasteiger partial charge in [0.2, 0.25) is 0 Å². The molecule has 0 amide bonds. The van der Waals surface area contributed by atoms with Crippen LogP contribution >= 0.6 is 11.3 Å². The molecular formula is C15H25N3S. The van der Waals surface area contributed by atoms with Crippen molar-refractivity contribution < 1.29 is 0 Å². The molecule has 1 aromatic rings. The summed E-state index contributed by atoms with van der Waals surface area (Å²) in [6.07, 6.45) is 6.39. The van der Waals surface area contributed by atoms with Crippen LogP contribution in [0.3, 0.4) is 0 Å². The van der Waals surface area contributed by atoms with Gasteiger partial charge in [-0.1, -0.05) is 31.6 Å². The number of hydrogen-bond donors (Lipinski definition) is 1. The minimum absolute atomic E-state index is 0.560. The fraction of sp³-hybridized carbons (Fsp3) is 0.800. The number of nitrogens with zero attached hydrogens (tertiary/aromatic N) is 2. The second-order valence-electron chi connectivity index (χ2n) is 5.82. The van der Waals surface area contributed by atoms with Gasteiger partial charge in [0.05, 0.1) is 5.69 Å². The van der Waals surface area contributed by atoms with Gasteiger partial charge < -0.3 is 10.2 Å². The Morgan fingerprint density at radius 3 is 3.00 bits per heavy atom. The number of thiazole rings is 1. The van der Waals surface area contributed by atoms with Crippen LogP contribution in [0.25, 0.3) is 0 Å². The Morgan fingerprint density at radius 2 is 2.26 bits per heavy atom. The van der Waals surface area contributed by atoms with Gasteiger partial charge in [-0.2, -0.15) is 0 Å². The van der Waals surface area contributed by atoms with Crippen molar-refractivity contribution in [3.63, 3.8) is 0 Å². The summed E-state index contributed by atoms with van der Waals surface area (Å²) in [5.74, 6) is 0.880. The van der Waals surface area contributed by atoms with Crippen LogP contribution < -0.4 is 10.2 Å². The monoisotopic (exact) mass is 279 g/mol. The molecule has 2 aliphatic rings. The number of nitrogens with one attached hydrogen (secondary N) is 1. The highest BCUT2D eigenvalue weighted by atomic mass is 32.1. The third-order valence-corrected chi connectivity index (χ3v) is 5.80. The summed E-state index contributed by atoms with van der Waals surface area (Å²) in [7, 11) is 0. The van der Waals surface area contributed by atoms with Crippen LogP contribution in [0.15, 0.2) is 0 Å². The van der Waals surface area contributed by atoms with Crippen LogP contribution in [-0.4, -0.2) is 24.6 Å². The highest BCUT2D eigenvalue weighted by Gasteiger charge is 2.28. The van der Waals surface area contributed by atoms with E-state index in [1.165, 1.54) is 60.9 Å². The number of rotatable bonds is 4. The molecule has 2 unspecified atom stereocenters. The molecule has 1 aliphatic carbocycles. The van der Waals surface area contributed by atoms with Crippen LogP contribution in [0.5, 0.6) is 0 Å². The van der Waals surface area contributed by atoms with Gasteiger partial charge in [-0.15, -0.1) is 0 Å². The van der Waals surface area contributed by atoms with Crippen molar-refractivity contribution in [1.82, 2.24) is 10.3 Å². The van der Waals surface area contributed by atoms with Crippen LogP contribution in [0.2, 0.25) is 0 Å². The van der Waals surface area contributed by atoms with Crippen LogP contribution in [0, 0.1) is 5.92 Å². The Morgan fingerprint density at radius 1 is 1.37 bits per heavy atom. The molecule has 1 aliphatic heterocycles. The highest BCUT2D eigenvalue weighted by Crippen LogP contribution is 2.39. The van der Waals surface area contributed by atoms with E-state index in [4.69, 9.17) is 4.98 Å². The Hall–Kier alpha value is -0.610. The third kappa shape index (κ3) is 2.65. The minimum Gasteiger partial charge on any atom is -0.348 e. The number of anilines is 1. The van der Waals surface area contributed by atoms with Gasteiger partial charge in [0.1, 0.15) is 0 Å². The van der Waals surface area contributed by atoms with Crippen molar-refractivity contribution in [2.75, 3.05) is 24.5 Å². The predicted octanol–water partition coefficient (Wildman–Crippen LogP) is 3.37. The standard InChI is InChI=1S/C15H25N3S/c1-3-11-8-9-18(10-11)15-17-13-7-5-6-12(16-4-2)14(13)19-15/h11-12,16H,3-10H2,1-2H3. The van der Waals surface area contributed by atoms with Crippen molar-refractivity contribution in [2.45, 2.75) is 52.0 Å². The van der Waals surface area contributed by atoms with Gasteiger partial charge in [-0.05, 0) is 38.1 Å². The van der Waals surface area contributed by atoms with Crippen molar-refractivity contribution in [3.8, 4) is 0 Å².